The molecule has 20 heavy (non-hydrogen) atoms. The highest BCUT2D eigenvalue weighted by molar-refractivity contribution is 4.96. The highest BCUT2D eigenvalue weighted by Crippen LogP contribution is 2.37. The summed E-state index contributed by atoms with van der Waals surface area (Å²) in [6, 6.07) is 1.67. The normalized spacial score (nSPS) is 33.5. The molecule has 1 heterocycles. The van der Waals surface area contributed by atoms with Crippen LogP contribution in [0.2, 0.25) is 0 Å². The molecule has 0 aromatic carbocycles. The first-order valence-electron chi connectivity index (χ1n) is 9.36. The molecular weight excluding hydrogens is 244 g/mol. The minimum absolute atomic E-state index is 0.798. The lowest BCUT2D eigenvalue weighted by molar-refractivity contribution is 0.0830. The molecule has 3 rings (SSSR count). The molecule has 0 bridgehead atoms. The van der Waals surface area contributed by atoms with E-state index < -0.39 is 0 Å². The molecule has 2 unspecified atom stereocenters. The highest BCUT2D eigenvalue weighted by atomic mass is 15.2. The molecule has 0 radical (unpaired) electrons. The van der Waals surface area contributed by atoms with Gasteiger partial charge in [-0.25, -0.2) is 0 Å². The Labute approximate surface area is 125 Å². The molecular formula is C18H34N2. The Balaban J connectivity index is 1.53. The minimum Gasteiger partial charge on any atom is -0.311 e. The molecule has 0 aromatic rings. The van der Waals surface area contributed by atoms with Crippen molar-refractivity contribution >= 4 is 0 Å². The average Bonchev–Trinajstić information content (AvgIpc) is 3.33. The Kier molecular flexibility index (Phi) is 5.39. The lowest BCUT2D eigenvalue weighted by atomic mass is 9.82. The molecule has 2 heteroatoms. The number of hydrogen-bond donors (Lipinski definition) is 1. The maximum Gasteiger partial charge on any atom is 0.0249 e. The molecule has 0 spiro atoms. The van der Waals surface area contributed by atoms with E-state index in [9.17, 15) is 0 Å². The van der Waals surface area contributed by atoms with Crippen LogP contribution in [0.25, 0.3) is 0 Å². The largest absolute Gasteiger partial charge is 0.311 e. The van der Waals surface area contributed by atoms with Crippen molar-refractivity contribution in [1.29, 1.82) is 0 Å². The van der Waals surface area contributed by atoms with Gasteiger partial charge in [0.05, 0.1) is 0 Å². The van der Waals surface area contributed by atoms with Gasteiger partial charge in [0.1, 0.15) is 0 Å². The predicted octanol–water partition coefficient (Wildman–Crippen LogP) is 3.81. The van der Waals surface area contributed by atoms with E-state index in [2.05, 4.69) is 17.1 Å². The fourth-order valence-electron chi connectivity index (χ4n) is 4.47. The molecule has 1 N–H and O–H groups in total. The zero-order chi connectivity index (χ0) is 13.8. The van der Waals surface area contributed by atoms with E-state index in [4.69, 9.17) is 0 Å². The second kappa shape index (κ2) is 7.26. The summed E-state index contributed by atoms with van der Waals surface area (Å²) in [6.07, 6.45) is 14.6. The first-order valence-corrected chi connectivity index (χ1v) is 9.36. The molecule has 3 aliphatic rings. The third-order valence-corrected chi connectivity index (χ3v) is 5.92. The molecule has 2 atom stereocenters. The Morgan fingerprint density at radius 3 is 2.45 bits per heavy atom. The van der Waals surface area contributed by atoms with Crippen LogP contribution < -0.4 is 5.32 Å². The van der Waals surface area contributed by atoms with Gasteiger partial charge < -0.3 is 5.32 Å². The summed E-state index contributed by atoms with van der Waals surface area (Å²) in [5.74, 6) is 1.99. The molecule has 3 fully saturated rings. The quantitative estimate of drug-likeness (QED) is 0.743. The average molecular weight is 278 g/mol. The van der Waals surface area contributed by atoms with Crippen LogP contribution in [0.3, 0.4) is 0 Å². The van der Waals surface area contributed by atoms with Crippen LogP contribution in [0.1, 0.15) is 71.1 Å². The third kappa shape index (κ3) is 3.76. The molecule has 2 nitrogen and oxygen atoms in total. The van der Waals surface area contributed by atoms with E-state index in [1.165, 1.54) is 83.8 Å². The topological polar surface area (TPSA) is 15.3 Å². The predicted molar refractivity (Wildman–Crippen MR) is 86.0 cm³/mol. The van der Waals surface area contributed by atoms with Gasteiger partial charge in [-0.3, -0.25) is 4.90 Å². The summed E-state index contributed by atoms with van der Waals surface area (Å²) >= 11 is 0. The lowest BCUT2D eigenvalue weighted by Crippen LogP contribution is -2.59. The van der Waals surface area contributed by atoms with E-state index in [-0.39, 0.29) is 0 Å². The number of hydrogen-bond acceptors (Lipinski definition) is 2. The molecule has 116 valence electrons. The fraction of sp³-hybridized carbons (Fsp3) is 1.00. The van der Waals surface area contributed by atoms with Gasteiger partial charge in [-0.15, -0.1) is 0 Å². The Morgan fingerprint density at radius 2 is 1.75 bits per heavy atom. The summed E-state index contributed by atoms with van der Waals surface area (Å²) in [7, 11) is 0. The summed E-state index contributed by atoms with van der Waals surface area (Å²) < 4.78 is 0. The summed E-state index contributed by atoms with van der Waals surface area (Å²) in [5, 5.41) is 3.94. The van der Waals surface area contributed by atoms with Crippen molar-refractivity contribution < 1.29 is 0 Å². The third-order valence-electron chi connectivity index (χ3n) is 5.92. The smallest absolute Gasteiger partial charge is 0.0249 e. The molecule has 1 saturated heterocycles. The zero-order valence-corrected chi connectivity index (χ0v) is 13.4. The van der Waals surface area contributed by atoms with Gasteiger partial charge in [-0.05, 0) is 50.5 Å². The molecule has 0 amide bonds. The van der Waals surface area contributed by atoms with Crippen molar-refractivity contribution in [1.82, 2.24) is 10.2 Å². The lowest BCUT2D eigenvalue weighted by Gasteiger charge is -2.44. The summed E-state index contributed by atoms with van der Waals surface area (Å²) in [5.41, 5.74) is 0. The van der Waals surface area contributed by atoms with Crippen LogP contribution in [-0.4, -0.2) is 36.6 Å². The molecule has 1 aliphatic heterocycles. The fourth-order valence-corrected chi connectivity index (χ4v) is 4.47. The van der Waals surface area contributed by atoms with Gasteiger partial charge >= 0.3 is 0 Å². The van der Waals surface area contributed by atoms with Crippen molar-refractivity contribution in [3.63, 3.8) is 0 Å². The van der Waals surface area contributed by atoms with Crippen molar-refractivity contribution in [2.24, 2.45) is 11.8 Å². The van der Waals surface area contributed by atoms with Crippen molar-refractivity contribution in [3.8, 4) is 0 Å². The van der Waals surface area contributed by atoms with Gasteiger partial charge in [0.15, 0.2) is 0 Å². The molecule has 2 aliphatic carbocycles. The summed E-state index contributed by atoms with van der Waals surface area (Å²) in [6.45, 7) is 6.30. The van der Waals surface area contributed by atoms with Crippen LogP contribution in [0.5, 0.6) is 0 Å². The van der Waals surface area contributed by atoms with E-state index in [1.54, 1.807) is 0 Å². The molecule has 0 aromatic heterocycles. The first kappa shape index (κ1) is 14.8. The second-order valence-electron chi connectivity index (χ2n) is 7.52. The van der Waals surface area contributed by atoms with Gasteiger partial charge in [0.2, 0.25) is 0 Å². The standard InChI is InChI=1S/C18H34N2/c1-2-3-7-12-20-14-17(15-8-5-4-6-9-15)19-13-18(20)16-10-11-16/h15-19H,2-14H2,1H3. The number of unbranched alkanes of at least 4 members (excludes halogenated alkanes) is 2. The van der Waals surface area contributed by atoms with E-state index in [1.807, 2.05) is 0 Å². The van der Waals surface area contributed by atoms with Crippen LogP contribution in [0.4, 0.5) is 0 Å². The first-order chi connectivity index (χ1) is 9.88. The second-order valence-corrected chi connectivity index (χ2v) is 7.52. The monoisotopic (exact) mass is 278 g/mol. The van der Waals surface area contributed by atoms with Crippen molar-refractivity contribution in [3.05, 3.63) is 0 Å². The minimum atomic E-state index is 0.798. The number of nitrogens with zero attached hydrogens (tertiary/aromatic N) is 1. The maximum absolute atomic E-state index is 3.94. The zero-order valence-electron chi connectivity index (χ0n) is 13.4. The maximum atomic E-state index is 3.94. The van der Waals surface area contributed by atoms with Crippen LogP contribution in [0.15, 0.2) is 0 Å². The Hall–Kier alpha value is -0.0800. The number of piperazine rings is 1. The Bertz CT molecular complexity index is 281. The van der Waals surface area contributed by atoms with E-state index >= 15 is 0 Å². The number of rotatable bonds is 6. The van der Waals surface area contributed by atoms with Crippen molar-refractivity contribution in [2.45, 2.75) is 83.2 Å². The highest BCUT2D eigenvalue weighted by Gasteiger charge is 2.40. The van der Waals surface area contributed by atoms with Crippen LogP contribution >= 0.6 is 0 Å². The van der Waals surface area contributed by atoms with E-state index in [0.29, 0.717) is 0 Å². The van der Waals surface area contributed by atoms with Gasteiger partial charge in [-0.1, -0.05) is 39.0 Å². The SMILES string of the molecule is CCCCCN1CC(C2CCCCC2)NCC1C1CC1. The summed E-state index contributed by atoms with van der Waals surface area (Å²) in [4.78, 5) is 2.88. The van der Waals surface area contributed by atoms with Gasteiger partial charge in [0.25, 0.3) is 0 Å². The van der Waals surface area contributed by atoms with E-state index in [0.717, 1.165) is 23.9 Å². The Morgan fingerprint density at radius 1 is 0.950 bits per heavy atom. The number of nitrogens with one attached hydrogen (secondary N) is 1. The molecule has 2 saturated carbocycles. The van der Waals surface area contributed by atoms with Crippen molar-refractivity contribution in [2.75, 3.05) is 19.6 Å². The van der Waals surface area contributed by atoms with Crippen LogP contribution in [-0.2, 0) is 0 Å². The van der Waals surface area contributed by atoms with Gasteiger partial charge in [-0.2, -0.15) is 0 Å². The van der Waals surface area contributed by atoms with Crippen LogP contribution in [0, 0.1) is 11.8 Å². The van der Waals surface area contributed by atoms with Gasteiger partial charge in [0, 0.05) is 25.2 Å².